The second kappa shape index (κ2) is 6.86. The highest BCUT2D eigenvalue weighted by Gasteiger charge is 2.18. The first-order chi connectivity index (χ1) is 6.86. The molecule has 0 aromatic heterocycles. The highest BCUT2D eigenvalue weighted by atomic mass is 16.3. The van der Waals surface area contributed by atoms with E-state index in [0.29, 0.717) is 12.5 Å². The first-order valence-corrected chi connectivity index (χ1v) is 5.63. The van der Waals surface area contributed by atoms with Gasteiger partial charge in [0.2, 0.25) is 0 Å². The van der Waals surface area contributed by atoms with Crippen LogP contribution < -0.4 is 0 Å². The lowest BCUT2D eigenvalue weighted by molar-refractivity contribution is 0.147. The molecule has 1 atom stereocenters. The van der Waals surface area contributed by atoms with E-state index in [9.17, 15) is 0 Å². The Morgan fingerprint density at radius 1 is 1.50 bits per heavy atom. The summed E-state index contributed by atoms with van der Waals surface area (Å²) < 4.78 is 0. The molecule has 0 aliphatic carbocycles. The fraction of sp³-hybridized carbons (Fsp3) is 0.833. The van der Waals surface area contributed by atoms with Crippen molar-refractivity contribution < 1.29 is 5.11 Å². The van der Waals surface area contributed by atoms with E-state index in [2.05, 4.69) is 10.8 Å². The molecule has 1 unspecified atom stereocenters. The molecule has 14 heavy (non-hydrogen) atoms. The number of hydrogen-bond acceptors (Lipinski definition) is 2. The maximum absolute atomic E-state index is 8.87. The van der Waals surface area contributed by atoms with Crippen LogP contribution in [0.1, 0.15) is 32.1 Å². The molecule has 0 bridgehead atoms. The molecule has 1 N–H and O–H groups in total. The fourth-order valence-electron chi connectivity index (χ4n) is 2.18. The second-order valence-electron chi connectivity index (χ2n) is 4.13. The van der Waals surface area contributed by atoms with Crippen LogP contribution in [0.15, 0.2) is 0 Å². The van der Waals surface area contributed by atoms with Crippen molar-refractivity contribution in [1.82, 2.24) is 4.90 Å². The molecule has 1 saturated heterocycles. The molecule has 0 radical (unpaired) electrons. The Labute approximate surface area is 87.3 Å². The minimum atomic E-state index is 0.336. The van der Waals surface area contributed by atoms with Gasteiger partial charge >= 0.3 is 0 Å². The van der Waals surface area contributed by atoms with Crippen molar-refractivity contribution in [2.45, 2.75) is 32.1 Å². The number of likely N-dealkylation sites (tertiary alicyclic amines) is 1. The monoisotopic (exact) mass is 195 g/mol. The summed E-state index contributed by atoms with van der Waals surface area (Å²) in [7, 11) is 0. The standard InChI is InChI=1S/C12H21NO/c1-2-3-4-8-13-9-5-6-12(11-13)7-10-14/h1,12,14H,3-11H2. The van der Waals surface area contributed by atoms with Gasteiger partial charge in [0, 0.05) is 19.6 Å². The van der Waals surface area contributed by atoms with Gasteiger partial charge in [-0.2, -0.15) is 0 Å². The topological polar surface area (TPSA) is 23.5 Å². The van der Waals surface area contributed by atoms with Crippen molar-refractivity contribution in [2.75, 3.05) is 26.2 Å². The summed E-state index contributed by atoms with van der Waals surface area (Å²) in [6.07, 6.45) is 10.7. The van der Waals surface area contributed by atoms with E-state index >= 15 is 0 Å². The van der Waals surface area contributed by atoms with Crippen LogP contribution >= 0.6 is 0 Å². The van der Waals surface area contributed by atoms with Crippen molar-refractivity contribution in [2.24, 2.45) is 5.92 Å². The van der Waals surface area contributed by atoms with Gasteiger partial charge in [0.05, 0.1) is 0 Å². The van der Waals surface area contributed by atoms with Gasteiger partial charge in [-0.25, -0.2) is 0 Å². The molecule has 0 aromatic carbocycles. The summed E-state index contributed by atoms with van der Waals surface area (Å²) in [5.41, 5.74) is 0. The maximum Gasteiger partial charge on any atom is 0.0434 e. The third-order valence-electron chi connectivity index (χ3n) is 2.94. The number of hydrogen-bond donors (Lipinski definition) is 1. The Balaban J connectivity index is 2.16. The largest absolute Gasteiger partial charge is 0.396 e. The van der Waals surface area contributed by atoms with Crippen molar-refractivity contribution in [1.29, 1.82) is 0 Å². The molecule has 2 nitrogen and oxygen atoms in total. The molecule has 1 aliphatic rings. The number of unbranched alkanes of at least 4 members (excludes halogenated alkanes) is 1. The van der Waals surface area contributed by atoms with Crippen LogP contribution in [0.5, 0.6) is 0 Å². The predicted molar refractivity (Wildman–Crippen MR) is 58.9 cm³/mol. The highest BCUT2D eigenvalue weighted by molar-refractivity contribution is 4.84. The van der Waals surface area contributed by atoms with E-state index in [-0.39, 0.29) is 0 Å². The van der Waals surface area contributed by atoms with Crippen molar-refractivity contribution in [3.63, 3.8) is 0 Å². The first kappa shape index (κ1) is 11.6. The van der Waals surface area contributed by atoms with Crippen LogP contribution in [0.25, 0.3) is 0 Å². The number of nitrogens with zero attached hydrogens (tertiary/aromatic N) is 1. The third kappa shape index (κ3) is 4.13. The van der Waals surface area contributed by atoms with E-state index in [4.69, 9.17) is 11.5 Å². The van der Waals surface area contributed by atoms with E-state index < -0.39 is 0 Å². The normalized spacial score (nSPS) is 23.3. The van der Waals surface area contributed by atoms with Gasteiger partial charge in [-0.15, -0.1) is 12.3 Å². The Bertz CT molecular complexity index is 183. The zero-order valence-corrected chi connectivity index (χ0v) is 8.91. The fourth-order valence-corrected chi connectivity index (χ4v) is 2.18. The molecule has 1 rings (SSSR count). The summed E-state index contributed by atoms with van der Waals surface area (Å²) in [5, 5.41) is 8.87. The predicted octanol–water partition coefficient (Wildman–Crippen LogP) is 1.49. The Kier molecular flexibility index (Phi) is 5.66. The Morgan fingerprint density at radius 2 is 2.36 bits per heavy atom. The maximum atomic E-state index is 8.87. The number of aliphatic hydroxyl groups is 1. The highest BCUT2D eigenvalue weighted by Crippen LogP contribution is 2.19. The van der Waals surface area contributed by atoms with Gasteiger partial charge in [-0.1, -0.05) is 0 Å². The van der Waals surface area contributed by atoms with Gasteiger partial charge < -0.3 is 10.0 Å². The average molecular weight is 195 g/mol. The summed E-state index contributed by atoms with van der Waals surface area (Å²) in [6, 6.07) is 0. The van der Waals surface area contributed by atoms with Gasteiger partial charge in [-0.3, -0.25) is 0 Å². The molecule has 0 amide bonds. The summed E-state index contributed by atoms with van der Waals surface area (Å²) in [6.45, 7) is 3.84. The number of terminal acetylenes is 1. The smallest absolute Gasteiger partial charge is 0.0434 e. The number of piperidine rings is 1. The molecule has 1 heterocycles. The molecule has 2 heteroatoms. The van der Waals surface area contributed by atoms with Gasteiger partial charge in [0.1, 0.15) is 0 Å². The second-order valence-corrected chi connectivity index (χ2v) is 4.13. The SMILES string of the molecule is C#CCCCN1CCCC(CCO)C1. The van der Waals surface area contributed by atoms with Crippen molar-refractivity contribution in [3.05, 3.63) is 0 Å². The average Bonchev–Trinajstić information content (AvgIpc) is 2.19. The molecule has 0 saturated carbocycles. The summed E-state index contributed by atoms with van der Waals surface area (Å²) in [5.74, 6) is 3.38. The van der Waals surface area contributed by atoms with Crippen molar-refractivity contribution >= 4 is 0 Å². The zero-order valence-electron chi connectivity index (χ0n) is 8.91. The van der Waals surface area contributed by atoms with Crippen molar-refractivity contribution in [3.8, 4) is 12.3 Å². The lowest BCUT2D eigenvalue weighted by Crippen LogP contribution is -2.36. The minimum Gasteiger partial charge on any atom is -0.396 e. The lowest BCUT2D eigenvalue weighted by atomic mass is 9.95. The van der Waals surface area contributed by atoms with Crippen LogP contribution in [0.2, 0.25) is 0 Å². The number of rotatable bonds is 5. The molecule has 1 aliphatic heterocycles. The van der Waals surface area contributed by atoms with Crippen LogP contribution in [-0.2, 0) is 0 Å². The third-order valence-corrected chi connectivity index (χ3v) is 2.94. The Hall–Kier alpha value is -0.520. The van der Waals surface area contributed by atoms with E-state index in [1.54, 1.807) is 0 Å². The molecule has 0 aromatic rings. The molecule has 80 valence electrons. The van der Waals surface area contributed by atoms with E-state index in [0.717, 1.165) is 32.4 Å². The molecule has 1 fully saturated rings. The van der Waals surface area contributed by atoms with Crippen LogP contribution in [0, 0.1) is 18.3 Å². The van der Waals surface area contributed by atoms with E-state index in [1.165, 1.54) is 19.4 Å². The summed E-state index contributed by atoms with van der Waals surface area (Å²) >= 11 is 0. The van der Waals surface area contributed by atoms with Gasteiger partial charge in [0.25, 0.3) is 0 Å². The molecule has 0 spiro atoms. The first-order valence-electron chi connectivity index (χ1n) is 5.63. The zero-order chi connectivity index (χ0) is 10.2. The van der Waals surface area contributed by atoms with Crippen LogP contribution in [-0.4, -0.2) is 36.2 Å². The number of aliphatic hydroxyl groups excluding tert-OH is 1. The lowest BCUT2D eigenvalue weighted by Gasteiger charge is -2.32. The van der Waals surface area contributed by atoms with E-state index in [1.807, 2.05) is 0 Å². The summed E-state index contributed by atoms with van der Waals surface area (Å²) in [4.78, 5) is 2.49. The van der Waals surface area contributed by atoms with Crippen LogP contribution in [0.4, 0.5) is 0 Å². The Morgan fingerprint density at radius 3 is 3.07 bits per heavy atom. The molecular formula is C12H21NO. The minimum absolute atomic E-state index is 0.336. The van der Waals surface area contributed by atoms with Gasteiger partial charge in [0.15, 0.2) is 0 Å². The van der Waals surface area contributed by atoms with Gasteiger partial charge in [-0.05, 0) is 44.7 Å². The quantitative estimate of drug-likeness (QED) is 0.531. The van der Waals surface area contributed by atoms with Crippen LogP contribution in [0.3, 0.4) is 0 Å². The molecular weight excluding hydrogens is 174 g/mol.